The summed E-state index contributed by atoms with van der Waals surface area (Å²) in [5.74, 6) is -0.0873. The van der Waals surface area contributed by atoms with Crippen LogP contribution in [0.1, 0.15) is 44.6 Å². The minimum Gasteiger partial charge on any atom is -0.325 e. The lowest BCUT2D eigenvalue weighted by Crippen LogP contribution is -2.35. The Balaban J connectivity index is 1.82. The molecule has 1 atom stereocenters. The van der Waals surface area contributed by atoms with Crippen molar-refractivity contribution in [2.45, 2.75) is 51.6 Å². The molecule has 1 aromatic carbocycles. The van der Waals surface area contributed by atoms with E-state index in [2.05, 4.69) is 29.3 Å². The smallest absolute Gasteiger partial charge is 0.241 e. The van der Waals surface area contributed by atoms with Crippen molar-refractivity contribution in [1.82, 2.24) is 4.90 Å². The van der Waals surface area contributed by atoms with Crippen molar-refractivity contribution in [3.8, 4) is 0 Å². The normalized spacial score (nSPS) is 16.9. The van der Waals surface area contributed by atoms with Crippen molar-refractivity contribution in [3.05, 3.63) is 29.8 Å². The number of likely N-dealkylation sites (tertiary alicyclic amines) is 1. The van der Waals surface area contributed by atoms with Gasteiger partial charge >= 0.3 is 0 Å². The van der Waals surface area contributed by atoms with E-state index in [1.165, 1.54) is 31.5 Å². The van der Waals surface area contributed by atoms with Crippen LogP contribution in [0.2, 0.25) is 0 Å². The van der Waals surface area contributed by atoms with Crippen LogP contribution in [0.15, 0.2) is 24.3 Å². The average molecular weight is 289 g/mol. The van der Waals surface area contributed by atoms with Gasteiger partial charge in [0.2, 0.25) is 5.91 Å². The molecule has 21 heavy (non-hydrogen) atoms. The molecule has 1 unspecified atom stereocenters. The molecular weight excluding hydrogens is 262 g/mol. The average Bonchev–Trinajstić information content (AvgIpc) is 2.99. The predicted octanol–water partition coefficient (Wildman–Crippen LogP) is 2.74. The van der Waals surface area contributed by atoms with E-state index in [0.29, 0.717) is 0 Å². The summed E-state index contributed by atoms with van der Waals surface area (Å²) in [6.07, 6.45) is 5.42. The quantitative estimate of drug-likeness (QED) is 0.811. The largest absolute Gasteiger partial charge is 0.325 e. The summed E-state index contributed by atoms with van der Waals surface area (Å²) in [7, 11) is 0. The molecule has 4 nitrogen and oxygen atoms in total. The van der Waals surface area contributed by atoms with E-state index in [0.717, 1.165) is 31.5 Å². The van der Waals surface area contributed by atoms with Crippen molar-refractivity contribution >= 4 is 11.6 Å². The molecule has 2 rings (SSSR count). The summed E-state index contributed by atoms with van der Waals surface area (Å²) in [4.78, 5) is 14.4. The number of amides is 1. The maximum atomic E-state index is 11.9. The Kier molecular flexibility index (Phi) is 6.21. The van der Waals surface area contributed by atoms with E-state index in [1.807, 2.05) is 12.1 Å². The van der Waals surface area contributed by atoms with Crippen molar-refractivity contribution in [2.24, 2.45) is 5.73 Å². The van der Waals surface area contributed by atoms with Crippen molar-refractivity contribution < 1.29 is 4.79 Å². The van der Waals surface area contributed by atoms with Crippen LogP contribution in [0.3, 0.4) is 0 Å². The molecule has 0 saturated carbocycles. The van der Waals surface area contributed by atoms with Crippen molar-refractivity contribution in [1.29, 1.82) is 0 Å². The number of nitrogens with two attached hydrogens (primary N) is 1. The highest BCUT2D eigenvalue weighted by Crippen LogP contribution is 2.15. The summed E-state index contributed by atoms with van der Waals surface area (Å²) >= 11 is 0. The van der Waals surface area contributed by atoms with Crippen LogP contribution in [0.5, 0.6) is 0 Å². The molecule has 0 aromatic heterocycles. The molecule has 1 heterocycles. The molecule has 0 spiro atoms. The number of unbranched alkanes of at least 4 members (excludes halogenated alkanes) is 1. The Morgan fingerprint density at radius 2 is 1.95 bits per heavy atom. The zero-order valence-corrected chi connectivity index (χ0v) is 13.0. The molecule has 1 saturated heterocycles. The Morgan fingerprint density at radius 3 is 2.57 bits per heavy atom. The molecule has 1 aliphatic rings. The number of nitrogens with zero attached hydrogens (tertiary/aromatic N) is 1. The number of anilines is 1. The summed E-state index contributed by atoms with van der Waals surface area (Å²) in [6.45, 7) is 5.50. The molecule has 4 heteroatoms. The van der Waals surface area contributed by atoms with E-state index in [9.17, 15) is 4.79 Å². The molecule has 0 bridgehead atoms. The number of hydrogen-bond acceptors (Lipinski definition) is 3. The van der Waals surface area contributed by atoms with Crippen molar-refractivity contribution in [3.63, 3.8) is 0 Å². The van der Waals surface area contributed by atoms with E-state index in [4.69, 9.17) is 5.73 Å². The van der Waals surface area contributed by atoms with E-state index in [-0.39, 0.29) is 5.91 Å². The summed E-state index contributed by atoms with van der Waals surface area (Å²) in [5.41, 5.74) is 8.00. The number of rotatable bonds is 7. The summed E-state index contributed by atoms with van der Waals surface area (Å²) < 4.78 is 0. The van der Waals surface area contributed by atoms with Crippen LogP contribution < -0.4 is 11.1 Å². The lowest BCUT2D eigenvalue weighted by Gasteiger charge is -2.15. The lowest BCUT2D eigenvalue weighted by molar-refractivity contribution is -0.117. The number of hydrogen-bond donors (Lipinski definition) is 2. The van der Waals surface area contributed by atoms with Gasteiger partial charge in [-0.05, 0) is 50.0 Å². The first-order valence-electron chi connectivity index (χ1n) is 8.07. The zero-order chi connectivity index (χ0) is 15.1. The molecule has 1 amide bonds. The zero-order valence-electron chi connectivity index (χ0n) is 13.0. The second-order valence-electron chi connectivity index (χ2n) is 5.92. The third kappa shape index (κ3) is 5.14. The van der Waals surface area contributed by atoms with Gasteiger partial charge in [0.15, 0.2) is 0 Å². The van der Waals surface area contributed by atoms with Crippen LogP contribution >= 0.6 is 0 Å². The fourth-order valence-corrected chi connectivity index (χ4v) is 2.68. The highest BCUT2D eigenvalue weighted by atomic mass is 16.2. The number of carbonyl (C=O) groups excluding carboxylic acids is 1. The minimum absolute atomic E-state index is 0.0873. The Morgan fingerprint density at radius 1 is 1.29 bits per heavy atom. The molecular formula is C17H27N3O. The van der Waals surface area contributed by atoms with E-state index < -0.39 is 6.04 Å². The van der Waals surface area contributed by atoms with Crippen LogP contribution in [-0.2, 0) is 11.3 Å². The molecule has 1 aliphatic heterocycles. The maximum Gasteiger partial charge on any atom is 0.241 e. The van der Waals surface area contributed by atoms with Crippen molar-refractivity contribution in [2.75, 3.05) is 18.4 Å². The Labute approximate surface area is 127 Å². The van der Waals surface area contributed by atoms with Gasteiger partial charge in [0, 0.05) is 12.2 Å². The van der Waals surface area contributed by atoms with Crippen LogP contribution in [0.4, 0.5) is 5.69 Å². The first kappa shape index (κ1) is 16.0. The maximum absolute atomic E-state index is 11.9. The van der Waals surface area contributed by atoms with Gasteiger partial charge in [0.05, 0.1) is 6.04 Å². The highest BCUT2D eigenvalue weighted by molar-refractivity contribution is 5.94. The molecule has 1 fully saturated rings. The second-order valence-corrected chi connectivity index (χ2v) is 5.92. The van der Waals surface area contributed by atoms with Gasteiger partial charge in [0.25, 0.3) is 0 Å². The standard InChI is InChI=1S/C17H27N3O/c1-2-3-6-16(18)17(21)19-15-9-7-14(8-10-15)13-20-11-4-5-12-20/h7-10,16H,2-6,11-13,18H2,1H3,(H,19,21). The summed E-state index contributed by atoms with van der Waals surface area (Å²) in [5, 5.41) is 2.89. The number of nitrogens with one attached hydrogen (secondary N) is 1. The van der Waals surface area contributed by atoms with Gasteiger partial charge in [0.1, 0.15) is 0 Å². The Bertz CT molecular complexity index is 438. The molecule has 0 radical (unpaired) electrons. The minimum atomic E-state index is -0.408. The van der Waals surface area contributed by atoms with Gasteiger partial charge < -0.3 is 11.1 Å². The van der Waals surface area contributed by atoms with E-state index >= 15 is 0 Å². The summed E-state index contributed by atoms with van der Waals surface area (Å²) in [6, 6.07) is 7.71. The lowest BCUT2D eigenvalue weighted by atomic mass is 10.1. The highest BCUT2D eigenvalue weighted by Gasteiger charge is 2.14. The molecule has 116 valence electrons. The van der Waals surface area contributed by atoms with Gasteiger partial charge in [-0.15, -0.1) is 0 Å². The first-order valence-corrected chi connectivity index (χ1v) is 8.07. The Hall–Kier alpha value is -1.39. The van der Waals surface area contributed by atoms with Gasteiger partial charge in [-0.2, -0.15) is 0 Å². The molecule has 1 aromatic rings. The predicted molar refractivity (Wildman–Crippen MR) is 87.1 cm³/mol. The fraction of sp³-hybridized carbons (Fsp3) is 0.588. The van der Waals surface area contributed by atoms with Gasteiger partial charge in [-0.3, -0.25) is 9.69 Å². The monoisotopic (exact) mass is 289 g/mol. The van der Waals surface area contributed by atoms with E-state index in [1.54, 1.807) is 0 Å². The molecule has 3 N–H and O–H groups in total. The van der Waals surface area contributed by atoms with Crippen LogP contribution in [0, 0.1) is 0 Å². The topological polar surface area (TPSA) is 58.4 Å². The number of carbonyl (C=O) groups is 1. The fourth-order valence-electron chi connectivity index (χ4n) is 2.68. The molecule has 0 aliphatic carbocycles. The number of benzene rings is 1. The third-order valence-corrected chi connectivity index (χ3v) is 4.03. The third-order valence-electron chi connectivity index (χ3n) is 4.03. The van der Waals surface area contributed by atoms with Crippen LogP contribution in [0.25, 0.3) is 0 Å². The first-order chi connectivity index (χ1) is 10.2. The van der Waals surface area contributed by atoms with Gasteiger partial charge in [-0.1, -0.05) is 31.9 Å². The van der Waals surface area contributed by atoms with Crippen LogP contribution in [-0.4, -0.2) is 29.9 Å². The van der Waals surface area contributed by atoms with Gasteiger partial charge in [-0.25, -0.2) is 0 Å². The second kappa shape index (κ2) is 8.15. The SMILES string of the molecule is CCCCC(N)C(=O)Nc1ccc(CN2CCCC2)cc1.